The number of hydrogen-bond acceptors (Lipinski definition) is 6. The van der Waals surface area contributed by atoms with E-state index >= 15 is 0 Å². The Kier molecular flexibility index (Phi) is 5.30. The lowest BCUT2D eigenvalue weighted by Crippen LogP contribution is -2.30. The third-order valence-electron chi connectivity index (χ3n) is 3.93. The molecular weight excluding hydrogens is 314 g/mol. The molecule has 0 bridgehead atoms. The molecule has 1 saturated heterocycles. The first-order chi connectivity index (χ1) is 11.2. The van der Waals surface area contributed by atoms with Gasteiger partial charge in [0.2, 0.25) is 0 Å². The van der Waals surface area contributed by atoms with Crippen molar-refractivity contribution in [2.24, 2.45) is 0 Å². The van der Waals surface area contributed by atoms with Crippen molar-refractivity contribution in [1.82, 2.24) is 14.5 Å². The third kappa shape index (κ3) is 3.73. The van der Waals surface area contributed by atoms with E-state index in [1.54, 1.807) is 22.9 Å². The highest BCUT2D eigenvalue weighted by atomic mass is 32.2. The van der Waals surface area contributed by atoms with E-state index in [2.05, 4.69) is 9.97 Å². The monoisotopic (exact) mass is 335 g/mol. The molecule has 2 unspecified atom stereocenters. The van der Waals surface area contributed by atoms with Gasteiger partial charge in [-0.1, -0.05) is 11.8 Å². The van der Waals surface area contributed by atoms with Crippen molar-refractivity contribution in [3.05, 3.63) is 28.7 Å². The number of pyridine rings is 1. The molecule has 3 heterocycles. The molecule has 2 aromatic heterocycles. The van der Waals surface area contributed by atoms with Gasteiger partial charge in [0, 0.05) is 24.3 Å². The molecule has 0 aromatic carbocycles. The predicted molar refractivity (Wildman–Crippen MR) is 89.8 cm³/mol. The maximum Gasteiger partial charge on any atom is 0.252 e. The number of ether oxygens (including phenoxy) is 2. The van der Waals surface area contributed by atoms with Gasteiger partial charge < -0.3 is 9.47 Å². The molecular formula is C16H21N3O3S. The Morgan fingerprint density at radius 1 is 1.48 bits per heavy atom. The van der Waals surface area contributed by atoms with Gasteiger partial charge in [0.05, 0.1) is 12.6 Å². The second-order valence-electron chi connectivity index (χ2n) is 5.66. The van der Waals surface area contributed by atoms with Crippen molar-refractivity contribution < 1.29 is 9.47 Å². The highest BCUT2D eigenvalue weighted by molar-refractivity contribution is 7.98. The smallest absolute Gasteiger partial charge is 0.252 e. The van der Waals surface area contributed by atoms with Crippen molar-refractivity contribution >= 4 is 22.8 Å². The first kappa shape index (κ1) is 16.4. The van der Waals surface area contributed by atoms with Crippen LogP contribution in [0.4, 0.5) is 0 Å². The van der Waals surface area contributed by atoms with Gasteiger partial charge in [0.15, 0.2) is 11.4 Å². The van der Waals surface area contributed by atoms with Crippen molar-refractivity contribution in [1.29, 1.82) is 0 Å². The molecule has 1 fully saturated rings. The minimum Gasteiger partial charge on any atom is -0.353 e. The Morgan fingerprint density at radius 3 is 3.09 bits per heavy atom. The van der Waals surface area contributed by atoms with E-state index in [9.17, 15) is 4.79 Å². The quantitative estimate of drug-likeness (QED) is 0.618. The molecule has 23 heavy (non-hydrogen) atoms. The van der Waals surface area contributed by atoms with E-state index in [1.165, 1.54) is 11.8 Å². The zero-order valence-electron chi connectivity index (χ0n) is 13.4. The molecule has 1 aliphatic rings. The van der Waals surface area contributed by atoms with E-state index < -0.39 is 0 Å². The fraction of sp³-hybridized carbons (Fsp3) is 0.562. The lowest BCUT2D eigenvalue weighted by atomic mass is 10.2. The van der Waals surface area contributed by atoms with Crippen LogP contribution in [0.3, 0.4) is 0 Å². The molecule has 7 heteroatoms. The van der Waals surface area contributed by atoms with Crippen LogP contribution in [0, 0.1) is 0 Å². The van der Waals surface area contributed by atoms with E-state index in [4.69, 9.17) is 9.47 Å². The summed E-state index contributed by atoms with van der Waals surface area (Å²) in [5.41, 5.74) is 0.571. The summed E-state index contributed by atoms with van der Waals surface area (Å²) in [5.74, 6) is 0. The lowest BCUT2D eigenvalue weighted by Gasteiger charge is -2.25. The van der Waals surface area contributed by atoms with Gasteiger partial charge in [-0.15, -0.1) is 0 Å². The van der Waals surface area contributed by atoms with Crippen molar-refractivity contribution in [3.8, 4) is 0 Å². The fourth-order valence-electron chi connectivity index (χ4n) is 2.71. The molecule has 6 nitrogen and oxygen atoms in total. The van der Waals surface area contributed by atoms with Crippen LogP contribution in [0.1, 0.15) is 32.2 Å². The maximum absolute atomic E-state index is 12.3. The summed E-state index contributed by atoms with van der Waals surface area (Å²) in [6.45, 7) is 3.13. The van der Waals surface area contributed by atoms with Gasteiger partial charge in [-0.2, -0.15) is 0 Å². The Morgan fingerprint density at radius 2 is 2.35 bits per heavy atom. The van der Waals surface area contributed by atoms with E-state index in [0.717, 1.165) is 31.3 Å². The molecule has 2 atom stereocenters. The molecule has 0 amide bonds. The van der Waals surface area contributed by atoms with Crippen LogP contribution in [0.5, 0.6) is 0 Å². The first-order valence-corrected chi connectivity index (χ1v) is 9.07. The largest absolute Gasteiger partial charge is 0.353 e. The van der Waals surface area contributed by atoms with Crippen LogP contribution in [0.15, 0.2) is 28.3 Å². The number of nitrogens with zero attached hydrogens (tertiary/aromatic N) is 3. The van der Waals surface area contributed by atoms with Gasteiger partial charge in [0.1, 0.15) is 5.65 Å². The van der Waals surface area contributed by atoms with Gasteiger partial charge in [0.25, 0.3) is 5.56 Å². The Balaban J connectivity index is 1.84. The van der Waals surface area contributed by atoms with Crippen LogP contribution in [0.2, 0.25) is 0 Å². The van der Waals surface area contributed by atoms with Crippen LogP contribution >= 0.6 is 11.8 Å². The number of aromatic nitrogens is 3. The standard InChI is InChI=1S/C16H21N3O3S/c1-11(10-22-14-5-3-4-8-21-14)19-13(20)7-6-12-9-17-16(23-2)18-15(12)19/h6-7,9,11,14H,3-5,8,10H2,1-2H3. The Labute approximate surface area is 139 Å². The van der Waals surface area contributed by atoms with Gasteiger partial charge in [-0.25, -0.2) is 9.97 Å². The topological polar surface area (TPSA) is 66.2 Å². The number of rotatable bonds is 5. The van der Waals surface area contributed by atoms with Crippen molar-refractivity contribution in [2.75, 3.05) is 19.5 Å². The summed E-state index contributed by atoms with van der Waals surface area (Å²) >= 11 is 1.46. The Hall–Kier alpha value is -1.44. The summed E-state index contributed by atoms with van der Waals surface area (Å²) in [6, 6.07) is 3.19. The zero-order valence-corrected chi connectivity index (χ0v) is 14.2. The highest BCUT2D eigenvalue weighted by Crippen LogP contribution is 2.19. The number of thioether (sulfide) groups is 1. The third-order valence-corrected chi connectivity index (χ3v) is 4.49. The van der Waals surface area contributed by atoms with Crippen molar-refractivity contribution in [2.45, 2.75) is 43.7 Å². The lowest BCUT2D eigenvalue weighted by molar-refractivity contribution is -0.167. The summed E-state index contributed by atoms with van der Waals surface area (Å²) in [4.78, 5) is 21.1. The van der Waals surface area contributed by atoms with E-state index in [-0.39, 0.29) is 17.9 Å². The minimum atomic E-state index is -0.159. The molecule has 0 aliphatic carbocycles. The molecule has 0 radical (unpaired) electrons. The normalized spacial score (nSPS) is 19.8. The second kappa shape index (κ2) is 7.42. The van der Waals surface area contributed by atoms with Crippen LogP contribution in [0.25, 0.3) is 11.0 Å². The SMILES string of the molecule is CSc1ncc2ccc(=O)n(C(C)COC3CCCCO3)c2n1. The van der Waals surface area contributed by atoms with Crippen LogP contribution in [-0.4, -0.2) is 40.3 Å². The molecule has 0 saturated carbocycles. The molecule has 1 aliphatic heterocycles. The predicted octanol–water partition coefficient (Wildman–Crippen LogP) is 2.62. The summed E-state index contributed by atoms with van der Waals surface area (Å²) in [5, 5.41) is 1.50. The van der Waals surface area contributed by atoms with Gasteiger partial charge >= 0.3 is 0 Å². The zero-order chi connectivity index (χ0) is 16.2. The number of fused-ring (bicyclic) bond motifs is 1. The summed E-state index contributed by atoms with van der Waals surface area (Å²) < 4.78 is 13.1. The van der Waals surface area contributed by atoms with Gasteiger partial charge in [-0.05, 0) is 38.5 Å². The molecule has 0 N–H and O–H groups in total. The fourth-order valence-corrected chi connectivity index (χ4v) is 3.05. The van der Waals surface area contributed by atoms with Crippen LogP contribution in [-0.2, 0) is 9.47 Å². The van der Waals surface area contributed by atoms with E-state index in [0.29, 0.717) is 17.4 Å². The summed E-state index contributed by atoms with van der Waals surface area (Å²) in [6.07, 6.45) is 6.63. The minimum absolute atomic E-state index is 0.0797. The number of hydrogen-bond donors (Lipinski definition) is 0. The van der Waals surface area contributed by atoms with Crippen molar-refractivity contribution in [3.63, 3.8) is 0 Å². The second-order valence-corrected chi connectivity index (χ2v) is 6.43. The van der Waals surface area contributed by atoms with E-state index in [1.807, 2.05) is 13.2 Å². The highest BCUT2D eigenvalue weighted by Gasteiger charge is 2.18. The summed E-state index contributed by atoms with van der Waals surface area (Å²) in [7, 11) is 0. The first-order valence-electron chi connectivity index (χ1n) is 7.84. The average molecular weight is 335 g/mol. The van der Waals surface area contributed by atoms with Gasteiger partial charge in [-0.3, -0.25) is 9.36 Å². The maximum atomic E-state index is 12.3. The molecule has 3 rings (SSSR count). The molecule has 2 aromatic rings. The van der Waals surface area contributed by atoms with Crippen LogP contribution < -0.4 is 5.56 Å². The average Bonchev–Trinajstić information content (AvgIpc) is 2.60. The Bertz CT molecular complexity index is 728. The molecule has 0 spiro atoms. The molecule has 124 valence electrons.